The number of H-pyrrole nitrogens is 1. The van der Waals surface area contributed by atoms with E-state index in [2.05, 4.69) is 15.3 Å². The molecule has 20 heavy (non-hydrogen) atoms. The fourth-order valence-electron chi connectivity index (χ4n) is 1.90. The van der Waals surface area contributed by atoms with Crippen LogP contribution in [-0.4, -0.2) is 15.9 Å². The van der Waals surface area contributed by atoms with Gasteiger partial charge < -0.3 is 4.98 Å². The highest BCUT2D eigenvalue weighted by atomic mass is 32.1. The van der Waals surface area contributed by atoms with Crippen LogP contribution in [0.25, 0.3) is 10.2 Å². The number of rotatable bonds is 2. The first kappa shape index (κ1) is 13.0. The first-order valence-electron chi connectivity index (χ1n) is 6.00. The number of fused-ring (bicyclic) bond motifs is 1. The molecule has 1 aromatic carbocycles. The largest absolute Gasteiger partial charge is 0.352 e. The minimum Gasteiger partial charge on any atom is -0.352 e. The first-order chi connectivity index (χ1) is 9.65. The lowest BCUT2D eigenvalue weighted by Crippen LogP contribution is -2.12. The van der Waals surface area contributed by atoms with E-state index in [4.69, 9.17) is 12.2 Å². The molecule has 2 N–H and O–H groups in total. The maximum absolute atomic E-state index is 12.2. The number of hydrogen-bond donors (Lipinski definition) is 2. The Morgan fingerprint density at radius 1 is 1.35 bits per heavy atom. The Morgan fingerprint density at radius 3 is 2.95 bits per heavy atom. The molecule has 0 unspecified atom stereocenters. The second-order valence-corrected chi connectivity index (χ2v) is 5.75. The molecule has 4 nitrogen and oxygen atoms in total. The van der Waals surface area contributed by atoms with Crippen molar-refractivity contribution in [1.82, 2.24) is 9.97 Å². The number of anilines is 1. The third-order valence-electron chi connectivity index (χ3n) is 2.90. The van der Waals surface area contributed by atoms with Gasteiger partial charge >= 0.3 is 0 Å². The Morgan fingerprint density at radius 2 is 2.20 bits per heavy atom. The van der Waals surface area contributed by atoms with Crippen LogP contribution in [0.1, 0.15) is 15.9 Å². The van der Waals surface area contributed by atoms with Crippen LogP contribution in [0.3, 0.4) is 0 Å². The number of nitrogens with zero attached hydrogens (tertiary/aromatic N) is 1. The van der Waals surface area contributed by atoms with Gasteiger partial charge in [-0.2, -0.15) is 0 Å². The number of amides is 1. The molecule has 0 atom stereocenters. The second kappa shape index (κ2) is 5.15. The first-order valence-corrected chi connectivity index (χ1v) is 7.23. The number of benzene rings is 1. The van der Waals surface area contributed by atoms with E-state index in [1.54, 1.807) is 18.3 Å². The van der Waals surface area contributed by atoms with E-state index in [-0.39, 0.29) is 5.91 Å². The fraction of sp³-hybridized carbons (Fsp3) is 0.0714. The van der Waals surface area contributed by atoms with Crippen molar-refractivity contribution in [2.75, 3.05) is 5.32 Å². The van der Waals surface area contributed by atoms with Gasteiger partial charge in [0.15, 0.2) is 5.13 Å². The van der Waals surface area contributed by atoms with Gasteiger partial charge in [-0.05, 0) is 30.7 Å². The van der Waals surface area contributed by atoms with Crippen molar-refractivity contribution in [3.8, 4) is 0 Å². The van der Waals surface area contributed by atoms with E-state index in [1.807, 2.05) is 25.1 Å². The van der Waals surface area contributed by atoms with Crippen molar-refractivity contribution in [1.29, 1.82) is 0 Å². The van der Waals surface area contributed by atoms with Crippen molar-refractivity contribution in [2.45, 2.75) is 6.92 Å². The minimum absolute atomic E-state index is 0.247. The number of carbonyl (C=O) groups excluding carboxylic acids is 1. The van der Waals surface area contributed by atoms with Crippen LogP contribution in [-0.2, 0) is 0 Å². The van der Waals surface area contributed by atoms with Gasteiger partial charge in [0.1, 0.15) is 4.64 Å². The molecule has 6 heteroatoms. The lowest BCUT2D eigenvalue weighted by atomic mass is 10.2. The number of aromatic nitrogens is 2. The third kappa shape index (κ3) is 2.35. The van der Waals surface area contributed by atoms with Crippen LogP contribution in [0.4, 0.5) is 5.13 Å². The summed E-state index contributed by atoms with van der Waals surface area (Å²) < 4.78 is 1.47. The molecule has 2 heterocycles. The van der Waals surface area contributed by atoms with E-state index in [1.165, 1.54) is 11.3 Å². The lowest BCUT2D eigenvalue weighted by molar-refractivity contribution is 0.102. The zero-order chi connectivity index (χ0) is 14.1. The molecule has 1 amide bonds. The summed E-state index contributed by atoms with van der Waals surface area (Å²) in [6.45, 7) is 2.00. The van der Waals surface area contributed by atoms with Gasteiger partial charge in [-0.15, -0.1) is 0 Å². The Kier molecular flexibility index (Phi) is 3.33. The predicted molar refractivity (Wildman–Crippen MR) is 83.9 cm³/mol. The van der Waals surface area contributed by atoms with E-state index in [0.717, 1.165) is 15.8 Å². The van der Waals surface area contributed by atoms with Gasteiger partial charge in [-0.25, -0.2) is 4.98 Å². The van der Waals surface area contributed by atoms with Crippen LogP contribution in [0.5, 0.6) is 0 Å². The highest BCUT2D eigenvalue weighted by molar-refractivity contribution is 7.71. The molecule has 0 aliphatic heterocycles. The zero-order valence-electron chi connectivity index (χ0n) is 10.6. The number of aromatic amines is 1. The SMILES string of the molecule is Cc1cccc2sc(NC(=O)c3ccc[nH]c3=S)nc12. The number of pyridine rings is 1. The highest BCUT2D eigenvalue weighted by Crippen LogP contribution is 2.28. The van der Waals surface area contributed by atoms with Crippen molar-refractivity contribution in [3.05, 3.63) is 52.3 Å². The molecule has 0 radical (unpaired) electrons. The molecule has 2 aromatic heterocycles. The summed E-state index contributed by atoms with van der Waals surface area (Å²) in [4.78, 5) is 19.5. The van der Waals surface area contributed by atoms with Crippen molar-refractivity contribution in [2.24, 2.45) is 0 Å². The van der Waals surface area contributed by atoms with Gasteiger partial charge in [0.05, 0.1) is 15.8 Å². The molecule has 0 bridgehead atoms. The standard InChI is InChI=1S/C14H11N3OS2/c1-8-4-2-6-10-11(8)16-14(20-10)17-12(18)9-5-3-7-15-13(9)19/h2-7H,1H3,(H,15,19)(H,16,17,18). The van der Waals surface area contributed by atoms with Crippen LogP contribution < -0.4 is 5.32 Å². The highest BCUT2D eigenvalue weighted by Gasteiger charge is 2.11. The van der Waals surface area contributed by atoms with Crippen molar-refractivity contribution >= 4 is 44.8 Å². The van der Waals surface area contributed by atoms with Crippen LogP contribution in [0, 0.1) is 11.6 Å². The summed E-state index contributed by atoms with van der Waals surface area (Å²) in [7, 11) is 0. The van der Waals surface area contributed by atoms with Crippen molar-refractivity contribution in [3.63, 3.8) is 0 Å². The van der Waals surface area contributed by atoms with E-state index < -0.39 is 0 Å². The lowest BCUT2D eigenvalue weighted by Gasteiger charge is -2.00. The molecule has 3 aromatic rings. The zero-order valence-corrected chi connectivity index (χ0v) is 12.3. The molecule has 100 valence electrons. The quantitative estimate of drug-likeness (QED) is 0.705. The predicted octanol–water partition coefficient (Wildman–Crippen LogP) is 3.91. The number of carbonyl (C=O) groups is 1. The van der Waals surface area contributed by atoms with Gasteiger partial charge in [-0.1, -0.05) is 35.7 Å². The van der Waals surface area contributed by atoms with Gasteiger partial charge in [0.25, 0.3) is 5.91 Å². The summed E-state index contributed by atoms with van der Waals surface area (Å²) in [6.07, 6.45) is 1.69. The summed E-state index contributed by atoms with van der Waals surface area (Å²) in [5, 5.41) is 3.38. The molecule has 0 aliphatic rings. The molecular weight excluding hydrogens is 290 g/mol. The normalized spacial score (nSPS) is 10.7. The summed E-state index contributed by atoms with van der Waals surface area (Å²) in [6, 6.07) is 9.40. The monoisotopic (exact) mass is 301 g/mol. The number of aryl methyl sites for hydroxylation is 1. The maximum atomic E-state index is 12.2. The third-order valence-corrected chi connectivity index (χ3v) is 4.18. The molecular formula is C14H11N3OS2. The number of para-hydroxylation sites is 1. The number of thiazole rings is 1. The van der Waals surface area contributed by atoms with E-state index >= 15 is 0 Å². The topological polar surface area (TPSA) is 57.8 Å². The number of hydrogen-bond acceptors (Lipinski definition) is 4. The Labute approximate surface area is 124 Å². The van der Waals surface area contributed by atoms with Crippen LogP contribution in [0.15, 0.2) is 36.5 Å². The second-order valence-electron chi connectivity index (χ2n) is 4.31. The molecule has 3 rings (SSSR count). The summed E-state index contributed by atoms with van der Waals surface area (Å²) in [5.41, 5.74) is 2.46. The van der Waals surface area contributed by atoms with Crippen molar-refractivity contribution < 1.29 is 4.79 Å². The van der Waals surface area contributed by atoms with E-state index in [0.29, 0.717) is 15.3 Å². The van der Waals surface area contributed by atoms with Gasteiger partial charge in [-0.3, -0.25) is 10.1 Å². The molecule has 0 spiro atoms. The Hall–Kier alpha value is -2.05. The van der Waals surface area contributed by atoms with Crippen LogP contribution in [0.2, 0.25) is 0 Å². The van der Waals surface area contributed by atoms with Gasteiger partial charge in [0, 0.05) is 6.20 Å². The smallest absolute Gasteiger partial charge is 0.260 e. The fourth-order valence-corrected chi connectivity index (χ4v) is 3.07. The minimum atomic E-state index is -0.247. The average Bonchev–Trinajstić information content (AvgIpc) is 2.83. The number of nitrogens with one attached hydrogen (secondary N) is 2. The van der Waals surface area contributed by atoms with Crippen LogP contribution >= 0.6 is 23.6 Å². The Balaban J connectivity index is 1.94. The molecule has 0 aliphatic carbocycles. The maximum Gasteiger partial charge on any atom is 0.260 e. The van der Waals surface area contributed by atoms with Gasteiger partial charge in [0.2, 0.25) is 0 Å². The summed E-state index contributed by atoms with van der Waals surface area (Å²) >= 11 is 6.55. The molecule has 0 saturated heterocycles. The molecule has 0 saturated carbocycles. The summed E-state index contributed by atoms with van der Waals surface area (Å²) in [5.74, 6) is -0.247. The Bertz CT molecular complexity index is 851. The molecule has 0 fully saturated rings. The average molecular weight is 301 g/mol. The van der Waals surface area contributed by atoms with E-state index in [9.17, 15) is 4.79 Å².